The lowest BCUT2D eigenvalue weighted by atomic mass is 9.85. The van der Waals surface area contributed by atoms with Crippen molar-refractivity contribution in [3.8, 4) is 11.4 Å². The molecule has 0 N–H and O–H groups in total. The van der Waals surface area contributed by atoms with E-state index in [1.807, 2.05) is 0 Å². The van der Waals surface area contributed by atoms with E-state index in [4.69, 9.17) is 0 Å². The first-order chi connectivity index (χ1) is 15.3. The molecule has 1 aromatic heterocycles. The summed E-state index contributed by atoms with van der Waals surface area (Å²) in [5.41, 5.74) is 7.12. The van der Waals surface area contributed by atoms with Crippen molar-refractivity contribution in [1.29, 1.82) is 0 Å². The van der Waals surface area contributed by atoms with Gasteiger partial charge in [-0.15, -0.1) is 0 Å². The van der Waals surface area contributed by atoms with Gasteiger partial charge in [0.15, 0.2) is 5.69 Å². The van der Waals surface area contributed by atoms with Crippen LogP contribution in [0.2, 0.25) is 0 Å². The zero-order valence-electron chi connectivity index (χ0n) is 19.3. The second-order valence-electron chi connectivity index (χ2n) is 9.79. The fourth-order valence-electron chi connectivity index (χ4n) is 6.22. The van der Waals surface area contributed by atoms with E-state index in [0.29, 0.717) is 11.8 Å². The molecule has 0 radical (unpaired) electrons. The number of benzene rings is 2. The van der Waals surface area contributed by atoms with Crippen LogP contribution in [-0.2, 0) is 0 Å². The van der Waals surface area contributed by atoms with Gasteiger partial charge >= 0.3 is 0 Å². The molecule has 0 saturated heterocycles. The summed E-state index contributed by atoms with van der Waals surface area (Å²) in [6.07, 6.45) is 13.5. The number of nitrogens with zero attached hydrogens (tertiary/aromatic N) is 2. The van der Waals surface area contributed by atoms with Crippen LogP contribution in [0.5, 0.6) is 0 Å². The molecule has 3 aromatic rings. The number of rotatable bonds is 4. The number of imidazole rings is 1. The number of aromatic nitrogens is 2. The van der Waals surface area contributed by atoms with Crippen molar-refractivity contribution in [2.75, 3.05) is 0 Å². The van der Waals surface area contributed by atoms with Crippen LogP contribution in [0.1, 0.15) is 98.8 Å². The lowest BCUT2D eigenvalue weighted by Gasteiger charge is -2.22. The molecule has 2 nitrogen and oxygen atoms in total. The molecule has 2 heteroatoms. The third kappa shape index (κ3) is 3.86. The van der Waals surface area contributed by atoms with E-state index in [0.717, 1.165) is 0 Å². The second kappa shape index (κ2) is 9.02. The maximum absolute atomic E-state index is 2.70. The SMILES string of the molecule is Cc1ccccc1-[n+]1c(C)c(C2CCCCC2)n(-c2ccccc2)c1C1CCCCC1. The highest BCUT2D eigenvalue weighted by Crippen LogP contribution is 2.40. The van der Waals surface area contributed by atoms with Crippen molar-refractivity contribution < 1.29 is 4.57 Å². The van der Waals surface area contributed by atoms with E-state index < -0.39 is 0 Å². The van der Waals surface area contributed by atoms with Crippen LogP contribution in [0.25, 0.3) is 11.4 Å². The zero-order valence-corrected chi connectivity index (χ0v) is 19.3. The molecule has 2 aliphatic carbocycles. The van der Waals surface area contributed by atoms with Crippen LogP contribution < -0.4 is 4.57 Å². The summed E-state index contributed by atoms with van der Waals surface area (Å²) in [5.74, 6) is 2.82. The molecule has 2 aliphatic rings. The van der Waals surface area contributed by atoms with Crippen molar-refractivity contribution in [1.82, 2.24) is 4.57 Å². The van der Waals surface area contributed by atoms with Crippen molar-refractivity contribution in [2.45, 2.75) is 89.9 Å². The zero-order chi connectivity index (χ0) is 21.2. The Labute approximate surface area is 187 Å². The van der Waals surface area contributed by atoms with Crippen LogP contribution in [0.3, 0.4) is 0 Å². The molecule has 0 spiro atoms. The van der Waals surface area contributed by atoms with E-state index in [-0.39, 0.29) is 0 Å². The highest BCUT2D eigenvalue weighted by atomic mass is 15.2. The minimum atomic E-state index is 0.629. The van der Waals surface area contributed by atoms with Gasteiger partial charge in [0.05, 0.1) is 5.92 Å². The van der Waals surface area contributed by atoms with Gasteiger partial charge in [-0.05, 0) is 56.4 Å². The number of hydrogen-bond acceptors (Lipinski definition) is 0. The Balaban J connectivity index is 1.81. The fraction of sp³-hybridized carbons (Fsp3) is 0.483. The van der Waals surface area contributed by atoms with Gasteiger partial charge in [0, 0.05) is 12.8 Å². The molecule has 162 valence electrons. The fourth-order valence-corrected chi connectivity index (χ4v) is 6.22. The molecule has 0 atom stereocenters. The average molecular weight is 414 g/mol. The predicted octanol–water partition coefficient (Wildman–Crippen LogP) is 7.47. The summed E-state index contributed by atoms with van der Waals surface area (Å²) in [6, 6.07) is 20.2. The van der Waals surface area contributed by atoms with Crippen molar-refractivity contribution in [2.24, 2.45) is 0 Å². The van der Waals surface area contributed by atoms with Crippen LogP contribution in [-0.4, -0.2) is 4.57 Å². The Morgan fingerprint density at radius 3 is 1.90 bits per heavy atom. The lowest BCUT2D eigenvalue weighted by molar-refractivity contribution is -0.612. The largest absolute Gasteiger partial charge is 0.270 e. The Morgan fingerprint density at radius 2 is 1.26 bits per heavy atom. The lowest BCUT2D eigenvalue weighted by Crippen LogP contribution is -2.40. The van der Waals surface area contributed by atoms with Crippen molar-refractivity contribution in [3.63, 3.8) is 0 Å². The van der Waals surface area contributed by atoms with Crippen molar-refractivity contribution >= 4 is 0 Å². The minimum Gasteiger partial charge on any atom is -0.196 e. The quantitative estimate of drug-likeness (QED) is 0.392. The van der Waals surface area contributed by atoms with Crippen LogP contribution in [0, 0.1) is 13.8 Å². The first-order valence-corrected chi connectivity index (χ1v) is 12.5. The summed E-state index contributed by atoms with van der Waals surface area (Å²) in [6.45, 7) is 4.66. The normalized spacial score (nSPS) is 18.4. The topological polar surface area (TPSA) is 8.81 Å². The van der Waals surface area contributed by atoms with Gasteiger partial charge in [0.2, 0.25) is 0 Å². The van der Waals surface area contributed by atoms with E-state index in [1.54, 1.807) is 5.69 Å². The highest BCUT2D eigenvalue weighted by Gasteiger charge is 2.39. The Hall–Kier alpha value is -2.35. The van der Waals surface area contributed by atoms with E-state index >= 15 is 0 Å². The Kier molecular flexibility index (Phi) is 5.98. The molecule has 1 heterocycles. The van der Waals surface area contributed by atoms with Crippen LogP contribution in [0.4, 0.5) is 0 Å². The summed E-state index contributed by atoms with van der Waals surface area (Å²) in [4.78, 5) is 0. The Bertz CT molecular complexity index is 1020. The maximum atomic E-state index is 2.70. The van der Waals surface area contributed by atoms with E-state index in [2.05, 4.69) is 77.6 Å². The predicted molar refractivity (Wildman–Crippen MR) is 128 cm³/mol. The standard InChI is InChI=1S/C29H37N2/c1-22-14-12-13-21-27(22)30-23(2)28(24-15-6-3-7-16-24)31(26-19-10-5-11-20-26)29(30)25-17-8-4-9-18-25/h5,10-14,19-21,24-25H,3-4,6-9,15-18H2,1-2H3/q+1. The highest BCUT2D eigenvalue weighted by molar-refractivity contribution is 5.40. The summed E-state index contributed by atoms with van der Waals surface area (Å²) in [5, 5.41) is 0. The monoisotopic (exact) mass is 413 g/mol. The van der Waals surface area contributed by atoms with Gasteiger partial charge in [-0.25, -0.2) is 0 Å². The first kappa shape index (κ1) is 20.5. The molecule has 2 fully saturated rings. The molecule has 2 aromatic carbocycles. The van der Waals surface area contributed by atoms with Gasteiger partial charge in [0.25, 0.3) is 5.82 Å². The molecule has 0 unspecified atom stereocenters. The summed E-state index contributed by atoms with van der Waals surface area (Å²) < 4.78 is 5.36. The Morgan fingerprint density at radius 1 is 0.677 bits per heavy atom. The number of hydrogen-bond donors (Lipinski definition) is 0. The number of aryl methyl sites for hydroxylation is 1. The molecule has 2 saturated carbocycles. The molecule has 31 heavy (non-hydrogen) atoms. The van der Waals surface area contributed by atoms with E-state index in [9.17, 15) is 0 Å². The molecular formula is C29H37N2+. The number of para-hydroxylation sites is 2. The minimum absolute atomic E-state index is 0.629. The van der Waals surface area contributed by atoms with Gasteiger partial charge < -0.3 is 0 Å². The second-order valence-corrected chi connectivity index (χ2v) is 9.79. The van der Waals surface area contributed by atoms with Crippen molar-refractivity contribution in [3.05, 3.63) is 77.4 Å². The third-order valence-electron chi connectivity index (χ3n) is 7.74. The smallest absolute Gasteiger partial charge is 0.196 e. The van der Waals surface area contributed by atoms with Crippen LogP contribution in [0.15, 0.2) is 54.6 Å². The van der Waals surface area contributed by atoms with E-state index in [1.165, 1.54) is 92.7 Å². The molecule has 0 aliphatic heterocycles. The average Bonchev–Trinajstić information content (AvgIpc) is 3.14. The first-order valence-electron chi connectivity index (χ1n) is 12.5. The van der Waals surface area contributed by atoms with Gasteiger partial charge in [-0.3, -0.25) is 0 Å². The van der Waals surface area contributed by atoms with Gasteiger partial charge in [-0.2, -0.15) is 9.13 Å². The summed E-state index contributed by atoms with van der Waals surface area (Å²) >= 11 is 0. The van der Waals surface area contributed by atoms with Crippen LogP contribution >= 0.6 is 0 Å². The maximum Gasteiger partial charge on any atom is 0.270 e. The molecule has 5 rings (SSSR count). The third-order valence-corrected chi connectivity index (χ3v) is 7.74. The molecular weight excluding hydrogens is 376 g/mol. The van der Waals surface area contributed by atoms with Gasteiger partial charge in [-0.1, -0.05) is 74.9 Å². The molecule has 0 bridgehead atoms. The van der Waals surface area contributed by atoms with Gasteiger partial charge in [0.1, 0.15) is 17.1 Å². The molecule has 0 amide bonds. The summed E-state index contributed by atoms with van der Waals surface area (Å²) in [7, 11) is 0.